The number of benzene rings is 2. The van der Waals surface area contributed by atoms with E-state index in [9.17, 15) is 13.2 Å². The Labute approximate surface area is 180 Å². The Bertz CT molecular complexity index is 939. The molecule has 0 bridgehead atoms. The van der Waals surface area contributed by atoms with Crippen LogP contribution in [0.5, 0.6) is 5.75 Å². The van der Waals surface area contributed by atoms with Gasteiger partial charge in [0.15, 0.2) is 0 Å². The Balaban J connectivity index is 1.50. The quantitative estimate of drug-likeness (QED) is 0.659. The molecule has 8 heteroatoms. The molecule has 0 aromatic heterocycles. The first-order valence-corrected chi connectivity index (χ1v) is 11.9. The summed E-state index contributed by atoms with van der Waals surface area (Å²) >= 11 is 3.35. The van der Waals surface area contributed by atoms with Gasteiger partial charge in [-0.2, -0.15) is 0 Å². The SMILES string of the molecule is COc1cccc(CNC(=O)C2CCN(S(=O)(=O)Cc3ccc(Br)cc3)CC2)c1. The lowest BCUT2D eigenvalue weighted by Crippen LogP contribution is -2.43. The van der Waals surface area contributed by atoms with Crippen molar-refractivity contribution in [2.24, 2.45) is 5.92 Å². The van der Waals surface area contributed by atoms with Gasteiger partial charge in [0.2, 0.25) is 15.9 Å². The van der Waals surface area contributed by atoms with Crippen LogP contribution in [0.1, 0.15) is 24.0 Å². The van der Waals surface area contributed by atoms with Crippen molar-refractivity contribution >= 4 is 31.9 Å². The number of sulfonamides is 1. The summed E-state index contributed by atoms with van der Waals surface area (Å²) in [5.74, 6) is 0.533. The van der Waals surface area contributed by atoms with Crippen LogP contribution in [0.2, 0.25) is 0 Å². The topological polar surface area (TPSA) is 75.7 Å². The zero-order valence-electron chi connectivity index (χ0n) is 16.3. The van der Waals surface area contributed by atoms with Gasteiger partial charge < -0.3 is 10.1 Å². The molecular formula is C21H25BrN2O4S. The number of nitrogens with one attached hydrogen (secondary N) is 1. The number of nitrogens with zero attached hydrogens (tertiary/aromatic N) is 1. The van der Waals surface area contributed by atoms with Crippen molar-refractivity contribution in [3.05, 3.63) is 64.1 Å². The first-order chi connectivity index (χ1) is 13.9. The molecule has 1 heterocycles. The molecule has 6 nitrogen and oxygen atoms in total. The van der Waals surface area contributed by atoms with Crippen molar-refractivity contribution in [1.82, 2.24) is 9.62 Å². The number of piperidine rings is 1. The minimum absolute atomic E-state index is 0.0209. The Kier molecular flexibility index (Phi) is 7.32. The minimum atomic E-state index is -3.39. The van der Waals surface area contributed by atoms with E-state index in [1.54, 1.807) is 19.2 Å². The summed E-state index contributed by atoms with van der Waals surface area (Å²) in [5.41, 5.74) is 1.72. The van der Waals surface area contributed by atoms with Gasteiger partial charge in [0, 0.05) is 30.0 Å². The lowest BCUT2D eigenvalue weighted by atomic mass is 9.97. The summed E-state index contributed by atoms with van der Waals surface area (Å²) in [7, 11) is -1.78. The van der Waals surface area contributed by atoms with Gasteiger partial charge in [-0.15, -0.1) is 0 Å². The molecule has 1 fully saturated rings. The lowest BCUT2D eigenvalue weighted by Gasteiger charge is -2.30. The number of rotatable bonds is 7. The number of carbonyl (C=O) groups excluding carboxylic acids is 1. The molecule has 1 aliphatic rings. The van der Waals surface area contributed by atoms with Crippen molar-refractivity contribution < 1.29 is 17.9 Å². The zero-order valence-corrected chi connectivity index (χ0v) is 18.7. The number of hydrogen-bond donors (Lipinski definition) is 1. The summed E-state index contributed by atoms with van der Waals surface area (Å²) in [5, 5.41) is 2.95. The van der Waals surface area contributed by atoms with Crippen LogP contribution in [-0.4, -0.2) is 38.8 Å². The molecule has 0 atom stereocenters. The highest BCUT2D eigenvalue weighted by Crippen LogP contribution is 2.23. The molecule has 2 aromatic rings. The summed E-state index contributed by atoms with van der Waals surface area (Å²) in [6.07, 6.45) is 1.06. The van der Waals surface area contributed by atoms with Gasteiger partial charge in [0.05, 0.1) is 12.9 Å². The molecular weight excluding hydrogens is 456 g/mol. The van der Waals surface area contributed by atoms with Crippen LogP contribution in [0.3, 0.4) is 0 Å². The molecule has 1 N–H and O–H groups in total. The fraction of sp³-hybridized carbons (Fsp3) is 0.381. The maximum absolute atomic E-state index is 12.7. The van der Waals surface area contributed by atoms with Gasteiger partial charge in [-0.1, -0.05) is 40.2 Å². The Morgan fingerprint density at radius 1 is 1.14 bits per heavy atom. The van der Waals surface area contributed by atoms with Gasteiger partial charge in [0.1, 0.15) is 5.75 Å². The molecule has 1 amide bonds. The third-order valence-electron chi connectivity index (χ3n) is 5.08. The number of carbonyl (C=O) groups is 1. The molecule has 0 unspecified atom stereocenters. The first kappa shape index (κ1) is 21.8. The third-order valence-corrected chi connectivity index (χ3v) is 7.46. The fourth-order valence-corrected chi connectivity index (χ4v) is 5.22. The highest BCUT2D eigenvalue weighted by Gasteiger charge is 2.31. The molecule has 0 saturated carbocycles. The van der Waals surface area contributed by atoms with Crippen LogP contribution in [-0.2, 0) is 27.1 Å². The monoisotopic (exact) mass is 480 g/mol. The average Bonchev–Trinajstić information content (AvgIpc) is 2.74. The molecule has 156 valence electrons. The molecule has 29 heavy (non-hydrogen) atoms. The average molecular weight is 481 g/mol. The number of ether oxygens (including phenoxy) is 1. The third kappa shape index (κ3) is 6.04. The molecule has 0 aliphatic carbocycles. The zero-order chi connectivity index (χ0) is 20.9. The van der Waals surface area contributed by atoms with Crippen LogP contribution in [0.25, 0.3) is 0 Å². The Morgan fingerprint density at radius 2 is 1.83 bits per heavy atom. The maximum atomic E-state index is 12.7. The van der Waals surface area contributed by atoms with Crippen molar-refractivity contribution in [2.45, 2.75) is 25.1 Å². The largest absolute Gasteiger partial charge is 0.497 e. The number of amides is 1. The van der Waals surface area contributed by atoms with Crippen molar-refractivity contribution in [3.63, 3.8) is 0 Å². The summed E-state index contributed by atoms with van der Waals surface area (Å²) < 4.78 is 33.0. The normalized spacial score (nSPS) is 15.8. The van der Waals surface area contributed by atoms with Crippen LogP contribution < -0.4 is 10.1 Å². The van der Waals surface area contributed by atoms with E-state index in [2.05, 4.69) is 21.2 Å². The molecule has 0 spiro atoms. The van der Waals surface area contributed by atoms with E-state index in [0.717, 1.165) is 21.3 Å². The predicted octanol–water partition coefficient (Wildman–Crippen LogP) is 3.32. The predicted molar refractivity (Wildman–Crippen MR) is 116 cm³/mol. The van der Waals surface area contributed by atoms with E-state index in [1.807, 2.05) is 36.4 Å². The fourth-order valence-electron chi connectivity index (χ4n) is 3.39. The van der Waals surface area contributed by atoms with Gasteiger partial charge >= 0.3 is 0 Å². The Hall–Kier alpha value is -1.90. The van der Waals surface area contributed by atoms with Gasteiger partial charge in [-0.25, -0.2) is 12.7 Å². The van der Waals surface area contributed by atoms with E-state index in [1.165, 1.54) is 4.31 Å². The summed E-state index contributed by atoms with van der Waals surface area (Å²) in [4.78, 5) is 12.5. The molecule has 1 saturated heterocycles. The lowest BCUT2D eigenvalue weighted by molar-refractivity contribution is -0.126. The van der Waals surface area contributed by atoms with Crippen molar-refractivity contribution in [3.8, 4) is 5.75 Å². The van der Waals surface area contributed by atoms with Crippen LogP contribution in [0, 0.1) is 5.92 Å². The smallest absolute Gasteiger partial charge is 0.223 e. The van der Waals surface area contributed by atoms with E-state index in [-0.39, 0.29) is 17.6 Å². The molecule has 0 radical (unpaired) electrons. The molecule has 3 rings (SSSR count). The molecule has 2 aromatic carbocycles. The van der Waals surface area contributed by atoms with Gasteiger partial charge in [0.25, 0.3) is 0 Å². The first-order valence-electron chi connectivity index (χ1n) is 9.50. The van der Waals surface area contributed by atoms with E-state index in [0.29, 0.717) is 32.5 Å². The van der Waals surface area contributed by atoms with Crippen molar-refractivity contribution in [2.75, 3.05) is 20.2 Å². The van der Waals surface area contributed by atoms with Crippen molar-refractivity contribution in [1.29, 1.82) is 0 Å². The minimum Gasteiger partial charge on any atom is -0.497 e. The van der Waals surface area contributed by atoms with E-state index in [4.69, 9.17) is 4.74 Å². The summed E-state index contributed by atoms with van der Waals surface area (Å²) in [6, 6.07) is 14.8. The van der Waals surface area contributed by atoms with Crippen LogP contribution in [0.15, 0.2) is 53.0 Å². The second-order valence-corrected chi connectivity index (χ2v) is 10.0. The van der Waals surface area contributed by atoms with Gasteiger partial charge in [-0.3, -0.25) is 4.79 Å². The standard InChI is InChI=1S/C21H25BrN2O4S/c1-28-20-4-2-3-17(13-20)14-23-21(25)18-9-11-24(12-10-18)29(26,27)15-16-5-7-19(22)8-6-16/h2-8,13,18H,9-12,14-15H2,1H3,(H,23,25). The van der Waals surface area contributed by atoms with Gasteiger partial charge in [-0.05, 0) is 48.2 Å². The van der Waals surface area contributed by atoms with E-state index >= 15 is 0 Å². The highest BCUT2D eigenvalue weighted by atomic mass is 79.9. The Morgan fingerprint density at radius 3 is 2.48 bits per heavy atom. The molecule has 1 aliphatic heterocycles. The van der Waals surface area contributed by atoms with Crippen LogP contribution in [0.4, 0.5) is 0 Å². The maximum Gasteiger partial charge on any atom is 0.223 e. The second-order valence-electron chi connectivity index (χ2n) is 7.13. The number of halogens is 1. The van der Waals surface area contributed by atoms with Crippen LogP contribution >= 0.6 is 15.9 Å². The number of methoxy groups -OCH3 is 1. The summed E-state index contributed by atoms with van der Waals surface area (Å²) in [6.45, 7) is 1.17. The van der Waals surface area contributed by atoms with E-state index < -0.39 is 10.0 Å². The number of hydrogen-bond acceptors (Lipinski definition) is 4. The highest BCUT2D eigenvalue weighted by molar-refractivity contribution is 9.10. The second kappa shape index (κ2) is 9.73.